The molecule has 0 fully saturated rings. The molecular weight excluding hydrogens is 308 g/mol. The Morgan fingerprint density at radius 2 is 1.24 bits per heavy atom. The van der Waals surface area contributed by atoms with Crippen LogP contribution in [0.1, 0.15) is 22.3 Å². The van der Waals surface area contributed by atoms with E-state index in [1.54, 1.807) is 0 Å². The monoisotopic (exact) mass is 328 g/mol. The van der Waals surface area contributed by atoms with Crippen LogP contribution in [0.15, 0.2) is 89.0 Å². The first-order valence-corrected chi connectivity index (χ1v) is 8.18. The van der Waals surface area contributed by atoms with Gasteiger partial charge in [0.25, 0.3) is 0 Å². The lowest BCUT2D eigenvalue weighted by Gasteiger charge is -2.10. The third-order valence-electron chi connectivity index (χ3n) is 4.15. The van der Waals surface area contributed by atoms with Gasteiger partial charge in [0.15, 0.2) is 0 Å². The molecule has 0 aliphatic carbocycles. The Morgan fingerprint density at radius 3 is 1.76 bits per heavy atom. The molecule has 3 aromatic carbocycles. The van der Waals surface area contributed by atoms with Gasteiger partial charge in [-0.3, -0.25) is 0 Å². The quantitative estimate of drug-likeness (QED) is 0.394. The molecule has 0 heterocycles. The molecule has 0 unspecified atom stereocenters. The molecule has 0 saturated heterocycles. The molecular formula is C22H20N2O. The maximum absolute atomic E-state index is 9.70. The van der Waals surface area contributed by atoms with E-state index in [1.807, 2.05) is 72.8 Å². The molecule has 0 aliphatic rings. The number of rotatable bonds is 4. The maximum atomic E-state index is 9.70. The predicted molar refractivity (Wildman–Crippen MR) is 103 cm³/mol. The van der Waals surface area contributed by atoms with Gasteiger partial charge >= 0.3 is 0 Å². The molecule has 3 aromatic rings. The van der Waals surface area contributed by atoms with Crippen LogP contribution in [0.25, 0.3) is 0 Å². The number of nitrogens with zero attached hydrogens (tertiary/aromatic N) is 2. The van der Waals surface area contributed by atoms with Crippen LogP contribution in [0.3, 0.4) is 0 Å². The highest BCUT2D eigenvalue weighted by molar-refractivity contribution is 6.53. The number of oxime groups is 1. The molecule has 0 aliphatic heterocycles. The van der Waals surface area contributed by atoms with Crippen LogP contribution in [-0.2, 0) is 0 Å². The summed E-state index contributed by atoms with van der Waals surface area (Å²) in [5.41, 5.74) is 6.03. The van der Waals surface area contributed by atoms with E-state index in [9.17, 15) is 5.21 Å². The minimum atomic E-state index is 0.449. The second-order valence-corrected chi connectivity index (χ2v) is 5.91. The van der Waals surface area contributed by atoms with E-state index in [1.165, 1.54) is 11.1 Å². The number of hydrogen-bond acceptors (Lipinski definition) is 3. The number of benzene rings is 3. The molecule has 0 saturated carbocycles. The summed E-state index contributed by atoms with van der Waals surface area (Å²) in [4.78, 5) is 4.80. The fraction of sp³-hybridized carbons (Fsp3) is 0.0909. The lowest BCUT2D eigenvalue weighted by atomic mass is 9.99. The highest BCUT2D eigenvalue weighted by Crippen LogP contribution is 2.20. The molecule has 0 atom stereocenters. The SMILES string of the molecule is Cc1ccc(N=C(/C(=N/O)c2ccccc2)c2ccccc2)cc1C. The molecule has 1 N–H and O–H groups in total. The third-order valence-corrected chi connectivity index (χ3v) is 4.15. The topological polar surface area (TPSA) is 45.0 Å². The summed E-state index contributed by atoms with van der Waals surface area (Å²) >= 11 is 0. The third kappa shape index (κ3) is 3.83. The molecule has 124 valence electrons. The lowest BCUT2D eigenvalue weighted by molar-refractivity contribution is 0.320. The Balaban J connectivity index is 2.16. The van der Waals surface area contributed by atoms with Crippen LogP contribution < -0.4 is 0 Å². The van der Waals surface area contributed by atoms with Crippen molar-refractivity contribution in [3.8, 4) is 0 Å². The Kier molecular flexibility index (Phi) is 5.05. The van der Waals surface area contributed by atoms with Gasteiger partial charge in [-0.2, -0.15) is 0 Å². The van der Waals surface area contributed by atoms with Gasteiger partial charge in [0.2, 0.25) is 0 Å². The van der Waals surface area contributed by atoms with Gasteiger partial charge in [0.05, 0.1) is 5.69 Å². The molecule has 0 aromatic heterocycles. The largest absolute Gasteiger partial charge is 0.410 e. The molecule has 0 radical (unpaired) electrons. The number of aliphatic imine (C=N–C) groups is 1. The fourth-order valence-corrected chi connectivity index (χ4v) is 2.61. The van der Waals surface area contributed by atoms with Crippen LogP contribution in [0.5, 0.6) is 0 Å². The first-order valence-electron chi connectivity index (χ1n) is 8.18. The van der Waals surface area contributed by atoms with Crippen molar-refractivity contribution < 1.29 is 5.21 Å². The van der Waals surface area contributed by atoms with Crippen LogP contribution >= 0.6 is 0 Å². The van der Waals surface area contributed by atoms with E-state index < -0.39 is 0 Å². The van der Waals surface area contributed by atoms with Crippen molar-refractivity contribution in [2.75, 3.05) is 0 Å². The zero-order chi connectivity index (χ0) is 17.6. The van der Waals surface area contributed by atoms with Crippen molar-refractivity contribution in [2.24, 2.45) is 10.1 Å². The Bertz CT molecular complexity index is 913. The van der Waals surface area contributed by atoms with E-state index in [2.05, 4.69) is 25.1 Å². The van der Waals surface area contributed by atoms with Gasteiger partial charge in [0, 0.05) is 11.1 Å². The molecule has 0 bridgehead atoms. The van der Waals surface area contributed by atoms with Gasteiger partial charge in [-0.1, -0.05) is 71.9 Å². The van der Waals surface area contributed by atoms with E-state index in [0.717, 1.165) is 16.8 Å². The normalized spacial score (nSPS) is 12.2. The van der Waals surface area contributed by atoms with Gasteiger partial charge < -0.3 is 5.21 Å². The summed E-state index contributed by atoms with van der Waals surface area (Å²) in [6.07, 6.45) is 0. The van der Waals surface area contributed by atoms with Crippen molar-refractivity contribution in [2.45, 2.75) is 13.8 Å². The molecule has 3 rings (SSSR count). The first-order chi connectivity index (χ1) is 12.2. The van der Waals surface area contributed by atoms with Crippen LogP contribution in [0, 0.1) is 13.8 Å². The van der Waals surface area contributed by atoms with Crippen molar-refractivity contribution in [1.29, 1.82) is 0 Å². The van der Waals surface area contributed by atoms with Crippen LogP contribution in [0.4, 0.5) is 5.69 Å². The summed E-state index contributed by atoms with van der Waals surface area (Å²) in [6, 6.07) is 25.4. The average molecular weight is 328 g/mol. The summed E-state index contributed by atoms with van der Waals surface area (Å²) < 4.78 is 0. The Hall–Kier alpha value is -3.20. The van der Waals surface area contributed by atoms with Crippen molar-refractivity contribution in [3.63, 3.8) is 0 Å². The standard InChI is InChI=1S/C22H20N2O/c1-16-13-14-20(15-17(16)2)23-21(18-9-5-3-6-10-18)22(24-25)19-11-7-4-8-12-19/h3-15,25H,1-2H3/b23-21?,24-22+. The maximum Gasteiger partial charge on any atom is 0.136 e. The van der Waals surface area contributed by atoms with E-state index in [-0.39, 0.29) is 0 Å². The van der Waals surface area contributed by atoms with E-state index in [4.69, 9.17) is 4.99 Å². The Morgan fingerprint density at radius 1 is 0.680 bits per heavy atom. The summed E-state index contributed by atoms with van der Waals surface area (Å²) in [5, 5.41) is 13.3. The second-order valence-electron chi connectivity index (χ2n) is 5.91. The van der Waals surface area contributed by atoms with Crippen LogP contribution in [0.2, 0.25) is 0 Å². The smallest absolute Gasteiger partial charge is 0.136 e. The zero-order valence-corrected chi connectivity index (χ0v) is 14.3. The minimum Gasteiger partial charge on any atom is -0.410 e. The predicted octanol–water partition coefficient (Wildman–Crippen LogP) is 5.30. The molecule has 3 heteroatoms. The lowest BCUT2D eigenvalue weighted by Crippen LogP contribution is -2.17. The second kappa shape index (κ2) is 7.58. The molecule has 3 nitrogen and oxygen atoms in total. The summed E-state index contributed by atoms with van der Waals surface area (Å²) in [5.74, 6) is 0. The van der Waals surface area contributed by atoms with E-state index >= 15 is 0 Å². The molecule has 0 amide bonds. The van der Waals surface area contributed by atoms with Gasteiger partial charge in [-0.05, 0) is 37.1 Å². The fourth-order valence-electron chi connectivity index (χ4n) is 2.61. The highest BCUT2D eigenvalue weighted by atomic mass is 16.4. The minimum absolute atomic E-state index is 0.449. The van der Waals surface area contributed by atoms with Gasteiger partial charge in [-0.15, -0.1) is 0 Å². The number of hydrogen-bond donors (Lipinski definition) is 1. The van der Waals surface area contributed by atoms with Crippen molar-refractivity contribution >= 4 is 17.1 Å². The average Bonchev–Trinajstić information content (AvgIpc) is 2.66. The van der Waals surface area contributed by atoms with Gasteiger partial charge in [0.1, 0.15) is 11.4 Å². The highest BCUT2D eigenvalue weighted by Gasteiger charge is 2.15. The molecule has 0 spiro atoms. The van der Waals surface area contributed by atoms with Gasteiger partial charge in [-0.25, -0.2) is 4.99 Å². The van der Waals surface area contributed by atoms with E-state index in [0.29, 0.717) is 11.4 Å². The first kappa shape index (κ1) is 16.7. The summed E-state index contributed by atoms with van der Waals surface area (Å²) in [6.45, 7) is 4.14. The Labute approximate surface area is 148 Å². The van der Waals surface area contributed by atoms with Crippen molar-refractivity contribution in [3.05, 3.63) is 101 Å². The van der Waals surface area contributed by atoms with Crippen molar-refractivity contribution in [1.82, 2.24) is 0 Å². The molecule has 25 heavy (non-hydrogen) atoms. The number of aryl methyl sites for hydroxylation is 2. The summed E-state index contributed by atoms with van der Waals surface area (Å²) in [7, 11) is 0. The zero-order valence-electron chi connectivity index (χ0n) is 14.3. The van der Waals surface area contributed by atoms with Crippen LogP contribution in [-0.4, -0.2) is 16.6 Å².